The summed E-state index contributed by atoms with van der Waals surface area (Å²) < 4.78 is 9.96. The van der Waals surface area contributed by atoms with Crippen molar-refractivity contribution in [2.45, 2.75) is 52.4 Å². The number of hydrogen-bond donors (Lipinski definition) is 1. The van der Waals surface area contributed by atoms with Crippen LogP contribution >= 0.6 is 0 Å². The van der Waals surface area contributed by atoms with Gasteiger partial charge in [-0.15, -0.1) is 0 Å². The first kappa shape index (κ1) is 17.5. The highest BCUT2D eigenvalue weighted by atomic mass is 16.5. The van der Waals surface area contributed by atoms with Crippen molar-refractivity contribution in [3.63, 3.8) is 0 Å². The van der Waals surface area contributed by atoms with Crippen LogP contribution in [-0.4, -0.2) is 36.2 Å². The molecule has 0 saturated heterocycles. The van der Waals surface area contributed by atoms with E-state index in [1.807, 2.05) is 0 Å². The predicted molar refractivity (Wildman–Crippen MR) is 74.5 cm³/mol. The maximum atomic E-state index is 11.8. The van der Waals surface area contributed by atoms with Crippen LogP contribution in [0.1, 0.15) is 52.4 Å². The van der Waals surface area contributed by atoms with Crippen LogP contribution in [0.15, 0.2) is 0 Å². The summed E-state index contributed by atoms with van der Waals surface area (Å²) in [7, 11) is 0. The van der Waals surface area contributed by atoms with Gasteiger partial charge in [0, 0.05) is 0 Å². The molecule has 1 aliphatic carbocycles. The predicted octanol–water partition coefficient (Wildman–Crippen LogP) is 2.15. The second kappa shape index (κ2) is 8.00. The van der Waals surface area contributed by atoms with Gasteiger partial charge >= 0.3 is 17.9 Å². The van der Waals surface area contributed by atoms with E-state index in [9.17, 15) is 14.4 Å². The van der Waals surface area contributed by atoms with Crippen LogP contribution in [0.5, 0.6) is 0 Å². The first-order chi connectivity index (χ1) is 9.92. The van der Waals surface area contributed by atoms with E-state index >= 15 is 0 Å². The molecule has 0 aromatic carbocycles. The van der Waals surface area contributed by atoms with Crippen LogP contribution in [0.25, 0.3) is 0 Å². The summed E-state index contributed by atoms with van der Waals surface area (Å²) in [6.07, 6.45) is 2.31. The lowest BCUT2D eigenvalue weighted by Gasteiger charge is -2.37. The number of carbonyl (C=O) groups excluding carboxylic acids is 2. The highest BCUT2D eigenvalue weighted by molar-refractivity contribution is 5.75. The van der Waals surface area contributed by atoms with Crippen molar-refractivity contribution in [2.75, 3.05) is 13.2 Å². The molecule has 1 aliphatic rings. The molecule has 0 atom stereocenters. The summed E-state index contributed by atoms with van der Waals surface area (Å²) in [6, 6.07) is 0. The summed E-state index contributed by atoms with van der Waals surface area (Å²) in [4.78, 5) is 34.6. The van der Waals surface area contributed by atoms with Crippen molar-refractivity contribution in [1.82, 2.24) is 0 Å². The SMILES string of the molecule is CCOC(=O)CC1(CC(=O)OCC)CCC(C(=O)O)CC1. The second-order valence-corrected chi connectivity index (χ2v) is 5.58. The quantitative estimate of drug-likeness (QED) is 0.725. The van der Waals surface area contributed by atoms with Gasteiger partial charge in [-0.1, -0.05) is 0 Å². The summed E-state index contributed by atoms with van der Waals surface area (Å²) >= 11 is 0. The average Bonchev–Trinajstić information content (AvgIpc) is 2.39. The molecule has 6 heteroatoms. The molecule has 0 aromatic rings. The van der Waals surface area contributed by atoms with Gasteiger partial charge in [0.2, 0.25) is 0 Å². The third-order valence-corrected chi connectivity index (χ3v) is 4.04. The monoisotopic (exact) mass is 300 g/mol. The van der Waals surface area contributed by atoms with Crippen LogP contribution in [-0.2, 0) is 23.9 Å². The Hall–Kier alpha value is -1.59. The number of esters is 2. The first-order valence-electron chi connectivity index (χ1n) is 7.46. The Labute approximate surface area is 124 Å². The largest absolute Gasteiger partial charge is 0.481 e. The molecule has 1 N–H and O–H groups in total. The van der Waals surface area contributed by atoms with E-state index in [1.165, 1.54) is 0 Å². The molecule has 0 aromatic heterocycles. The zero-order chi connectivity index (χ0) is 15.9. The fraction of sp³-hybridized carbons (Fsp3) is 0.800. The topological polar surface area (TPSA) is 89.9 Å². The van der Waals surface area contributed by atoms with Crippen LogP contribution in [0.3, 0.4) is 0 Å². The number of carboxylic acid groups (broad SMARTS) is 1. The molecule has 21 heavy (non-hydrogen) atoms. The van der Waals surface area contributed by atoms with Crippen molar-refractivity contribution in [1.29, 1.82) is 0 Å². The smallest absolute Gasteiger partial charge is 0.306 e. The van der Waals surface area contributed by atoms with E-state index in [0.717, 1.165) is 0 Å². The Morgan fingerprint density at radius 3 is 1.76 bits per heavy atom. The summed E-state index contributed by atoms with van der Waals surface area (Å²) in [5.74, 6) is -1.87. The Bertz CT molecular complexity index is 360. The maximum Gasteiger partial charge on any atom is 0.306 e. The molecule has 1 saturated carbocycles. The van der Waals surface area contributed by atoms with Crippen molar-refractivity contribution < 1.29 is 29.0 Å². The fourth-order valence-electron chi connectivity index (χ4n) is 2.93. The molecule has 1 rings (SSSR count). The van der Waals surface area contributed by atoms with E-state index in [0.29, 0.717) is 38.9 Å². The molecule has 0 radical (unpaired) electrons. The molecule has 120 valence electrons. The van der Waals surface area contributed by atoms with Gasteiger partial charge in [0.25, 0.3) is 0 Å². The minimum Gasteiger partial charge on any atom is -0.481 e. The number of carbonyl (C=O) groups is 3. The van der Waals surface area contributed by atoms with Gasteiger partial charge in [0.15, 0.2) is 0 Å². The van der Waals surface area contributed by atoms with Crippen molar-refractivity contribution >= 4 is 17.9 Å². The molecular weight excluding hydrogens is 276 g/mol. The maximum absolute atomic E-state index is 11.8. The summed E-state index contributed by atoms with van der Waals surface area (Å²) in [6.45, 7) is 4.06. The van der Waals surface area contributed by atoms with Crippen LogP contribution in [0.4, 0.5) is 0 Å². The van der Waals surface area contributed by atoms with Crippen LogP contribution in [0, 0.1) is 11.3 Å². The summed E-state index contributed by atoms with van der Waals surface area (Å²) in [5.41, 5.74) is -0.523. The van der Waals surface area contributed by atoms with Crippen molar-refractivity contribution in [3.8, 4) is 0 Å². The standard InChI is InChI=1S/C15H24O6/c1-3-20-12(16)9-15(10-13(17)21-4-2)7-5-11(6-8-15)14(18)19/h11H,3-10H2,1-2H3,(H,18,19). The number of ether oxygens (including phenoxy) is 2. The van der Waals surface area contributed by atoms with Crippen molar-refractivity contribution in [3.05, 3.63) is 0 Å². The third kappa shape index (κ3) is 5.36. The Morgan fingerprint density at radius 1 is 1.00 bits per heavy atom. The fourth-order valence-corrected chi connectivity index (χ4v) is 2.93. The lowest BCUT2D eigenvalue weighted by atomic mass is 9.67. The van der Waals surface area contributed by atoms with E-state index in [-0.39, 0.29) is 30.7 Å². The third-order valence-electron chi connectivity index (χ3n) is 4.04. The van der Waals surface area contributed by atoms with Crippen molar-refractivity contribution in [2.24, 2.45) is 11.3 Å². The number of rotatable bonds is 7. The van der Waals surface area contributed by atoms with Gasteiger partial charge in [-0.2, -0.15) is 0 Å². The number of carboxylic acids is 1. The minimum atomic E-state index is -0.809. The van der Waals surface area contributed by atoms with E-state index < -0.39 is 11.4 Å². The molecule has 0 heterocycles. The number of hydrogen-bond acceptors (Lipinski definition) is 5. The normalized spacial score (nSPS) is 18.0. The second-order valence-electron chi connectivity index (χ2n) is 5.58. The van der Waals surface area contributed by atoms with Crippen LogP contribution in [0.2, 0.25) is 0 Å². The lowest BCUT2D eigenvalue weighted by molar-refractivity contribution is -0.152. The highest BCUT2D eigenvalue weighted by Gasteiger charge is 2.41. The Kier molecular flexibility index (Phi) is 6.65. The Morgan fingerprint density at radius 2 is 1.43 bits per heavy atom. The molecule has 0 amide bonds. The lowest BCUT2D eigenvalue weighted by Crippen LogP contribution is -2.35. The molecular formula is C15H24O6. The van der Waals surface area contributed by atoms with Crippen LogP contribution < -0.4 is 0 Å². The zero-order valence-electron chi connectivity index (χ0n) is 12.7. The average molecular weight is 300 g/mol. The molecule has 0 aliphatic heterocycles. The highest BCUT2D eigenvalue weighted by Crippen LogP contribution is 2.44. The van der Waals surface area contributed by atoms with Gasteiger partial charge in [-0.25, -0.2) is 0 Å². The van der Waals surface area contributed by atoms with E-state index in [1.54, 1.807) is 13.8 Å². The zero-order valence-corrected chi connectivity index (χ0v) is 12.7. The van der Waals surface area contributed by atoms with E-state index in [4.69, 9.17) is 14.6 Å². The summed E-state index contributed by atoms with van der Waals surface area (Å²) in [5, 5.41) is 9.06. The van der Waals surface area contributed by atoms with Gasteiger partial charge in [-0.3, -0.25) is 14.4 Å². The number of aliphatic carboxylic acids is 1. The Balaban J connectivity index is 2.73. The van der Waals surface area contributed by atoms with Gasteiger partial charge < -0.3 is 14.6 Å². The first-order valence-corrected chi connectivity index (χ1v) is 7.46. The molecule has 1 fully saturated rings. The van der Waals surface area contributed by atoms with Gasteiger partial charge in [0.1, 0.15) is 0 Å². The molecule has 0 bridgehead atoms. The van der Waals surface area contributed by atoms with Gasteiger partial charge in [-0.05, 0) is 44.9 Å². The van der Waals surface area contributed by atoms with E-state index in [2.05, 4.69) is 0 Å². The molecule has 0 spiro atoms. The van der Waals surface area contributed by atoms with Gasteiger partial charge in [0.05, 0.1) is 32.0 Å². The molecule has 6 nitrogen and oxygen atoms in total. The molecule has 0 unspecified atom stereocenters. The minimum absolute atomic E-state index is 0.145.